The van der Waals surface area contributed by atoms with Gasteiger partial charge in [-0.25, -0.2) is 0 Å². The first-order valence-electron chi connectivity index (χ1n) is 6.98. The summed E-state index contributed by atoms with van der Waals surface area (Å²) in [5.41, 5.74) is 8.48. The zero-order valence-corrected chi connectivity index (χ0v) is 13.3. The molecular weight excluding hydrogens is 286 g/mol. The van der Waals surface area contributed by atoms with Gasteiger partial charge in [-0.15, -0.1) is 0 Å². The average molecular weight is 306 g/mol. The zero-order chi connectivity index (χ0) is 15.4. The van der Waals surface area contributed by atoms with Gasteiger partial charge in [-0.2, -0.15) is 0 Å². The molecule has 0 heterocycles. The molecule has 2 rings (SSSR count). The van der Waals surface area contributed by atoms with E-state index in [0.717, 1.165) is 28.3 Å². The van der Waals surface area contributed by atoms with Crippen LogP contribution in [-0.4, -0.2) is 6.61 Å². The Hall–Kier alpha value is -1.87. The summed E-state index contributed by atoms with van der Waals surface area (Å²) in [4.78, 5) is 0. The maximum atomic E-state index is 6.16. The second-order valence-corrected chi connectivity index (χ2v) is 5.40. The Morgan fingerprint density at radius 3 is 2.33 bits per heavy atom. The minimum absolute atomic E-state index is 0.610. The molecule has 0 aliphatic rings. The van der Waals surface area contributed by atoms with Crippen LogP contribution in [0.3, 0.4) is 0 Å². The maximum absolute atomic E-state index is 6.16. The molecule has 0 atom stereocenters. The molecule has 2 aromatic rings. The summed E-state index contributed by atoms with van der Waals surface area (Å²) >= 11 is 6.16. The maximum Gasteiger partial charge on any atom is 0.145 e. The van der Waals surface area contributed by atoms with Gasteiger partial charge in [-0.3, -0.25) is 0 Å². The molecule has 0 aliphatic carbocycles. The number of halogens is 1. The third-order valence-electron chi connectivity index (χ3n) is 3.09. The lowest BCUT2D eigenvalue weighted by atomic mass is 10.1. The van der Waals surface area contributed by atoms with E-state index in [0.29, 0.717) is 23.8 Å². The smallest absolute Gasteiger partial charge is 0.145 e. The van der Waals surface area contributed by atoms with Gasteiger partial charge in [-0.05, 0) is 55.7 Å². The molecule has 0 saturated carbocycles. The van der Waals surface area contributed by atoms with Gasteiger partial charge in [0.1, 0.15) is 17.2 Å². The van der Waals surface area contributed by atoms with Crippen molar-refractivity contribution >= 4 is 17.3 Å². The number of aryl methyl sites for hydroxylation is 2. The van der Waals surface area contributed by atoms with Crippen LogP contribution < -0.4 is 15.2 Å². The minimum atomic E-state index is 0.610. The molecule has 4 heteroatoms. The van der Waals surface area contributed by atoms with Crippen molar-refractivity contribution in [2.75, 3.05) is 12.3 Å². The highest BCUT2D eigenvalue weighted by Crippen LogP contribution is 2.32. The van der Waals surface area contributed by atoms with Crippen LogP contribution in [-0.2, 0) is 0 Å². The van der Waals surface area contributed by atoms with Crippen LogP contribution in [0.4, 0.5) is 5.69 Å². The van der Waals surface area contributed by atoms with Crippen LogP contribution in [0.15, 0.2) is 30.3 Å². The highest BCUT2D eigenvalue weighted by atomic mass is 35.5. The number of nitrogens with two attached hydrogens (primary N) is 1. The number of nitrogen functional groups attached to an aromatic ring is 1. The Morgan fingerprint density at radius 1 is 1.05 bits per heavy atom. The Morgan fingerprint density at radius 2 is 1.71 bits per heavy atom. The van der Waals surface area contributed by atoms with Crippen LogP contribution in [0.2, 0.25) is 5.02 Å². The molecule has 0 radical (unpaired) electrons. The molecule has 0 fully saturated rings. The van der Waals surface area contributed by atoms with Crippen molar-refractivity contribution in [3.63, 3.8) is 0 Å². The largest absolute Gasteiger partial charge is 0.491 e. The lowest BCUT2D eigenvalue weighted by molar-refractivity contribution is 0.317. The molecule has 3 nitrogen and oxygen atoms in total. The third kappa shape index (κ3) is 3.82. The number of hydrogen-bond donors (Lipinski definition) is 1. The van der Waals surface area contributed by atoms with Gasteiger partial charge >= 0.3 is 0 Å². The molecular formula is C17H20ClNO2. The fourth-order valence-electron chi connectivity index (χ4n) is 2.02. The Balaban J connectivity index is 2.23. The van der Waals surface area contributed by atoms with E-state index in [1.165, 1.54) is 0 Å². The van der Waals surface area contributed by atoms with Gasteiger partial charge in [0, 0.05) is 11.1 Å². The van der Waals surface area contributed by atoms with Crippen molar-refractivity contribution in [3.05, 3.63) is 46.5 Å². The van der Waals surface area contributed by atoms with E-state index < -0.39 is 0 Å². The number of hydrogen-bond acceptors (Lipinski definition) is 3. The number of ether oxygens (including phenoxy) is 2. The number of rotatable bonds is 5. The molecule has 0 amide bonds. The molecule has 0 saturated heterocycles. The van der Waals surface area contributed by atoms with Gasteiger partial charge in [0.2, 0.25) is 0 Å². The molecule has 0 unspecified atom stereocenters. The normalized spacial score (nSPS) is 10.5. The van der Waals surface area contributed by atoms with Crippen LogP contribution in [0.1, 0.15) is 24.5 Å². The van der Waals surface area contributed by atoms with E-state index in [1.54, 1.807) is 6.07 Å². The van der Waals surface area contributed by atoms with E-state index in [9.17, 15) is 0 Å². The first-order valence-corrected chi connectivity index (χ1v) is 7.36. The quantitative estimate of drug-likeness (QED) is 0.780. The van der Waals surface area contributed by atoms with Crippen LogP contribution in [0.25, 0.3) is 0 Å². The van der Waals surface area contributed by atoms with Crippen molar-refractivity contribution in [1.29, 1.82) is 0 Å². The number of benzene rings is 2. The van der Waals surface area contributed by atoms with Crippen LogP contribution in [0, 0.1) is 13.8 Å². The predicted molar refractivity (Wildman–Crippen MR) is 87.6 cm³/mol. The Bertz CT molecular complexity index is 618. The molecule has 2 N–H and O–H groups in total. The first kappa shape index (κ1) is 15.5. The van der Waals surface area contributed by atoms with E-state index in [-0.39, 0.29) is 0 Å². The molecule has 21 heavy (non-hydrogen) atoms. The van der Waals surface area contributed by atoms with Gasteiger partial charge in [0.05, 0.1) is 12.3 Å². The molecule has 0 bridgehead atoms. The standard InChI is InChI=1S/C17H20ClNO2/c1-4-7-20-16-10-13(5-6-15(16)19)21-14-8-11(2)17(18)12(3)9-14/h5-6,8-10H,4,7,19H2,1-3H3. The highest BCUT2D eigenvalue weighted by molar-refractivity contribution is 6.32. The van der Waals surface area contributed by atoms with Crippen molar-refractivity contribution in [3.8, 4) is 17.2 Å². The topological polar surface area (TPSA) is 44.5 Å². The van der Waals surface area contributed by atoms with Crippen molar-refractivity contribution in [2.24, 2.45) is 0 Å². The van der Waals surface area contributed by atoms with Crippen molar-refractivity contribution in [1.82, 2.24) is 0 Å². The van der Waals surface area contributed by atoms with Gasteiger partial charge in [0.15, 0.2) is 0 Å². The van der Waals surface area contributed by atoms with Gasteiger partial charge in [-0.1, -0.05) is 18.5 Å². The molecule has 2 aromatic carbocycles. The van der Waals surface area contributed by atoms with E-state index >= 15 is 0 Å². The summed E-state index contributed by atoms with van der Waals surface area (Å²) in [5, 5.41) is 0.770. The monoisotopic (exact) mass is 305 g/mol. The van der Waals surface area contributed by atoms with Crippen molar-refractivity contribution < 1.29 is 9.47 Å². The first-order chi connectivity index (χ1) is 10.0. The molecule has 0 spiro atoms. The SMILES string of the molecule is CCCOc1cc(Oc2cc(C)c(Cl)c(C)c2)ccc1N. The summed E-state index contributed by atoms with van der Waals surface area (Å²) < 4.78 is 11.5. The summed E-state index contributed by atoms with van der Waals surface area (Å²) in [5.74, 6) is 2.09. The molecule has 112 valence electrons. The lowest BCUT2D eigenvalue weighted by Gasteiger charge is -2.12. The molecule has 0 aliphatic heterocycles. The van der Waals surface area contributed by atoms with Gasteiger partial charge in [0.25, 0.3) is 0 Å². The summed E-state index contributed by atoms with van der Waals surface area (Å²) in [6.07, 6.45) is 0.931. The van der Waals surface area contributed by atoms with E-state index in [1.807, 2.05) is 38.1 Å². The summed E-state index contributed by atoms with van der Waals surface area (Å²) in [7, 11) is 0. The second-order valence-electron chi connectivity index (χ2n) is 5.02. The molecule has 0 aromatic heterocycles. The zero-order valence-electron chi connectivity index (χ0n) is 12.6. The average Bonchev–Trinajstić information content (AvgIpc) is 2.45. The highest BCUT2D eigenvalue weighted by Gasteiger charge is 2.07. The lowest BCUT2D eigenvalue weighted by Crippen LogP contribution is -1.99. The summed E-state index contributed by atoms with van der Waals surface area (Å²) in [6.45, 7) is 6.60. The number of anilines is 1. The van der Waals surface area contributed by atoms with Crippen LogP contribution >= 0.6 is 11.6 Å². The van der Waals surface area contributed by atoms with Crippen molar-refractivity contribution in [2.45, 2.75) is 27.2 Å². The van der Waals surface area contributed by atoms with Gasteiger partial charge < -0.3 is 15.2 Å². The second kappa shape index (κ2) is 6.72. The van der Waals surface area contributed by atoms with E-state index in [2.05, 4.69) is 6.92 Å². The fraction of sp³-hybridized carbons (Fsp3) is 0.294. The minimum Gasteiger partial charge on any atom is -0.491 e. The van der Waals surface area contributed by atoms with E-state index in [4.69, 9.17) is 26.8 Å². The fourth-order valence-corrected chi connectivity index (χ4v) is 2.13. The Kier molecular flexibility index (Phi) is 4.97. The predicted octanol–water partition coefficient (Wildman–Crippen LogP) is 5.12. The summed E-state index contributed by atoms with van der Waals surface area (Å²) in [6, 6.07) is 9.25. The Labute approximate surface area is 130 Å². The third-order valence-corrected chi connectivity index (χ3v) is 3.69. The van der Waals surface area contributed by atoms with Crippen LogP contribution in [0.5, 0.6) is 17.2 Å².